The minimum atomic E-state index is -0.281. The molecule has 6 nitrogen and oxygen atoms in total. The second kappa shape index (κ2) is 6.95. The van der Waals surface area contributed by atoms with Gasteiger partial charge in [0.15, 0.2) is 0 Å². The Kier molecular flexibility index (Phi) is 4.56. The number of carbonyl (C=O) groups excluding carboxylic acids is 1. The molecule has 1 aromatic carbocycles. The number of aromatic nitrogens is 2. The highest BCUT2D eigenvalue weighted by molar-refractivity contribution is 5.92. The predicted molar refractivity (Wildman–Crippen MR) is 91.1 cm³/mol. The number of hydrogen-bond acceptors (Lipinski definition) is 5. The van der Waals surface area contributed by atoms with Crippen molar-refractivity contribution in [3.63, 3.8) is 0 Å². The van der Waals surface area contributed by atoms with Gasteiger partial charge in [0.05, 0.1) is 12.8 Å². The van der Waals surface area contributed by atoms with Gasteiger partial charge in [0.2, 0.25) is 5.95 Å². The fourth-order valence-electron chi connectivity index (χ4n) is 2.16. The van der Waals surface area contributed by atoms with E-state index < -0.39 is 0 Å². The Labute approximate surface area is 140 Å². The molecule has 0 radical (unpaired) electrons. The molecule has 6 heteroatoms. The van der Waals surface area contributed by atoms with Crippen LogP contribution in [0.5, 0.6) is 0 Å². The summed E-state index contributed by atoms with van der Waals surface area (Å²) in [5.74, 6) is 0.784. The van der Waals surface area contributed by atoms with Gasteiger partial charge in [0.1, 0.15) is 11.5 Å². The van der Waals surface area contributed by atoms with Crippen LogP contribution in [0, 0.1) is 13.8 Å². The molecule has 0 aliphatic heterocycles. The van der Waals surface area contributed by atoms with Crippen LogP contribution in [0.3, 0.4) is 0 Å². The largest absolute Gasteiger partial charge is 0.467 e. The van der Waals surface area contributed by atoms with Crippen molar-refractivity contribution in [3.05, 3.63) is 71.4 Å². The smallest absolute Gasteiger partial charge is 0.270 e. The zero-order valence-corrected chi connectivity index (χ0v) is 13.5. The Balaban J connectivity index is 1.68. The lowest BCUT2D eigenvalue weighted by atomic mass is 10.1. The zero-order valence-electron chi connectivity index (χ0n) is 13.5. The van der Waals surface area contributed by atoms with E-state index in [1.165, 1.54) is 11.1 Å². The summed E-state index contributed by atoms with van der Waals surface area (Å²) in [5.41, 5.74) is 3.56. The van der Waals surface area contributed by atoms with Crippen molar-refractivity contribution in [1.82, 2.24) is 15.3 Å². The first-order valence-corrected chi connectivity index (χ1v) is 7.60. The molecule has 24 heavy (non-hydrogen) atoms. The zero-order chi connectivity index (χ0) is 16.9. The van der Waals surface area contributed by atoms with Crippen molar-refractivity contribution < 1.29 is 9.21 Å². The SMILES string of the molecule is Cc1ccc(Nc2nccc(C(=O)NCc3ccco3)n2)cc1C. The fourth-order valence-corrected chi connectivity index (χ4v) is 2.16. The highest BCUT2D eigenvalue weighted by Crippen LogP contribution is 2.17. The third kappa shape index (κ3) is 3.78. The van der Waals surface area contributed by atoms with Crippen molar-refractivity contribution in [2.45, 2.75) is 20.4 Å². The van der Waals surface area contributed by atoms with Crippen LogP contribution in [-0.2, 0) is 6.54 Å². The lowest BCUT2D eigenvalue weighted by Gasteiger charge is -2.08. The molecule has 0 fully saturated rings. The van der Waals surface area contributed by atoms with Crippen LogP contribution in [0.25, 0.3) is 0 Å². The van der Waals surface area contributed by atoms with Gasteiger partial charge in [-0.25, -0.2) is 9.97 Å². The normalized spacial score (nSPS) is 10.4. The first-order chi connectivity index (χ1) is 11.6. The monoisotopic (exact) mass is 322 g/mol. The van der Waals surface area contributed by atoms with E-state index in [2.05, 4.69) is 27.5 Å². The molecule has 0 saturated carbocycles. The van der Waals surface area contributed by atoms with E-state index in [9.17, 15) is 4.79 Å². The van der Waals surface area contributed by atoms with Gasteiger partial charge in [-0.05, 0) is 55.3 Å². The molecule has 0 atom stereocenters. The van der Waals surface area contributed by atoms with Crippen LogP contribution in [0.4, 0.5) is 11.6 Å². The van der Waals surface area contributed by atoms with Gasteiger partial charge in [-0.3, -0.25) is 4.79 Å². The molecule has 0 aliphatic carbocycles. The van der Waals surface area contributed by atoms with Gasteiger partial charge < -0.3 is 15.1 Å². The highest BCUT2D eigenvalue weighted by Gasteiger charge is 2.09. The quantitative estimate of drug-likeness (QED) is 0.753. The first-order valence-electron chi connectivity index (χ1n) is 7.60. The minimum Gasteiger partial charge on any atom is -0.467 e. The second-order valence-corrected chi connectivity index (χ2v) is 5.45. The van der Waals surface area contributed by atoms with Gasteiger partial charge in [-0.2, -0.15) is 0 Å². The topological polar surface area (TPSA) is 80.0 Å². The molecule has 0 aliphatic rings. The number of furan rings is 1. The number of nitrogens with one attached hydrogen (secondary N) is 2. The highest BCUT2D eigenvalue weighted by atomic mass is 16.3. The van der Waals surface area contributed by atoms with Crippen molar-refractivity contribution >= 4 is 17.5 Å². The van der Waals surface area contributed by atoms with Gasteiger partial charge in [-0.15, -0.1) is 0 Å². The molecule has 0 bridgehead atoms. The van der Waals surface area contributed by atoms with Crippen molar-refractivity contribution in [2.24, 2.45) is 0 Å². The number of benzene rings is 1. The predicted octanol–water partition coefficient (Wildman–Crippen LogP) is 3.36. The Morgan fingerprint density at radius 2 is 2.04 bits per heavy atom. The molecule has 1 amide bonds. The second-order valence-electron chi connectivity index (χ2n) is 5.45. The summed E-state index contributed by atoms with van der Waals surface area (Å²) in [6.45, 7) is 4.41. The summed E-state index contributed by atoms with van der Waals surface area (Å²) in [6.07, 6.45) is 3.12. The molecule has 0 spiro atoms. The fraction of sp³-hybridized carbons (Fsp3) is 0.167. The maximum absolute atomic E-state index is 12.2. The lowest BCUT2D eigenvalue weighted by Crippen LogP contribution is -2.23. The van der Waals surface area contributed by atoms with Crippen molar-refractivity contribution in [2.75, 3.05) is 5.32 Å². The van der Waals surface area contributed by atoms with E-state index in [1.54, 1.807) is 30.7 Å². The van der Waals surface area contributed by atoms with Crippen molar-refractivity contribution in [1.29, 1.82) is 0 Å². The number of nitrogens with zero attached hydrogens (tertiary/aromatic N) is 2. The average molecular weight is 322 g/mol. The molecule has 122 valence electrons. The Morgan fingerprint density at radius 3 is 2.79 bits per heavy atom. The van der Waals surface area contributed by atoms with E-state index in [0.29, 0.717) is 23.9 Å². The van der Waals surface area contributed by atoms with Crippen LogP contribution in [-0.4, -0.2) is 15.9 Å². The summed E-state index contributed by atoms with van der Waals surface area (Å²) in [7, 11) is 0. The molecule has 3 rings (SSSR count). The van der Waals surface area contributed by atoms with E-state index in [-0.39, 0.29) is 5.91 Å². The molecule has 3 aromatic rings. The van der Waals surface area contributed by atoms with Crippen LogP contribution in [0.2, 0.25) is 0 Å². The molecular weight excluding hydrogens is 304 g/mol. The third-order valence-electron chi connectivity index (χ3n) is 3.65. The first kappa shape index (κ1) is 15.7. The lowest BCUT2D eigenvalue weighted by molar-refractivity contribution is 0.0943. The number of hydrogen-bond donors (Lipinski definition) is 2. The number of amides is 1. The Morgan fingerprint density at radius 1 is 1.17 bits per heavy atom. The maximum Gasteiger partial charge on any atom is 0.270 e. The molecule has 2 N–H and O–H groups in total. The van der Waals surface area contributed by atoms with Crippen LogP contribution >= 0.6 is 0 Å². The van der Waals surface area contributed by atoms with Crippen LogP contribution in [0.1, 0.15) is 27.4 Å². The van der Waals surface area contributed by atoms with Crippen LogP contribution in [0.15, 0.2) is 53.3 Å². The molecule has 0 unspecified atom stereocenters. The third-order valence-corrected chi connectivity index (χ3v) is 3.65. The van der Waals surface area contributed by atoms with Gasteiger partial charge >= 0.3 is 0 Å². The maximum atomic E-state index is 12.2. The summed E-state index contributed by atoms with van der Waals surface area (Å²) in [6, 6.07) is 11.1. The minimum absolute atomic E-state index is 0.281. The Hall–Kier alpha value is -3.15. The number of rotatable bonds is 5. The van der Waals surface area contributed by atoms with E-state index in [4.69, 9.17) is 4.42 Å². The summed E-state index contributed by atoms with van der Waals surface area (Å²) in [5, 5.41) is 5.87. The average Bonchev–Trinajstić information content (AvgIpc) is 3.10. The molecule has 0 saturated heterocycles. The van der Waals surface area contributed by atoms with Gasteiger partial charge in [-0.1, -0.05) is 6.07 Å². The van der Waals surface area contributed by atoms with E-state index in [1.807, 2.05) is 25.1 Å². The summed E-state index contributed by atoms with van der Waals surface area (Å²) < 4.78 is 5.18. The standard InChI is InChI=1S/C18H18N4O2/c1-12-5-6-14(10-13(12)2)21-18-19-8-7-16(22-18)17(23)20-11-15-4-3-9-24-15/h3-10H,11H2,1-2H3,(H,20,23)(H,19,21,22). The van der Waals surface area contributed by atoms with E-state index >= 15 is 0 Å². The number of aryl methyl sites for hydroxylation is 2. The number of anilines is 2. The van der Waals surface area contributed by atoms with Gasteiger partial charge in [0, 0.05) is 11.9 Å². The summed E-state index contributed by atoms with van der Waals surface area (Å²) >= 11 is 0. The van der Waals surface area contributed by atoms with E-state index in [0.717, 1.165) is 5.69 Å². The van der Waals surface area contributed by atoms with Gasteiger partial charge in [0.25, 0.3) is 5.91 Å². The van der Waals surface area contributed by atoms with Crippen molar-refractivity contribution in [3.8, 4) is 0 Å². The van der Waals surface area contributed by atoms with Crippen LogP contribution < -0.4 is 10.6 Å². The molecular formula is C18H18N4O2. The number of carbonyl (C=O) groups is 1. The Bertz CT molecular complexity index is 844. The molecule has 2 heterocycles. The molecule has 2 aromatic heterocycles. The summed E-state index contributed by atoms with van der Waals surface area (Å²) in [4.78, 5) is 20.6.